The monoisotopic (exact) mass is 214 g/mol. The van der Waals surface area contributed by atoms with Gasteiger partial charge in [-0.2, -0.15) is 0 Å². The van der Waals surface area contributed by atoms with Crippen LogP contribution in [0.3, 0.4) is 0 Å². The predicted molar refractivity (Wildman–Crippen MR) is 54.2 cm³/mol. The van der Waals surface area contributed by atoms with E-state index in [-0.39, 0.29) is 17.2 Å². The molecule has 0 aromatic carbocycles. The largest absolute Gasteiger partial charge is 0.309 e. The number of hydrogen-bond donors (Lipinski definition) is 2. The highest BCUT2D eigenvalue weighted by Gasteiger charge is 2.10. The highest BCUT2D eigenvalue weighted by molar-refractivity contribution is 6.28. The zero-order valence-corrected chi connectivity index (χ0v) is 8.67. The fourth-order valence-corrected chi connectivity index (χ4v) is 0.917. The van der Waals surface area contributed by atoms with Crippen LogP contribution in [-0.4, -0.2) is 29.0 Å². The SMILES string of the molecule is CN[C@@H](C)C(=O)Nc1ccnc(Cl)n1. The zero-order chi connectivity index (χ0) is 10.6. The molecule has 2 N–H and O–H groups in total. The Bertz CT molecular complexity index is 331. The van der Waals surface area contributed by atoms with Gasteiger partial charge in [-0.05, 0) is 31.6 Å². The quantitative estimate of drug-likeness (QED) is 0.727. The fraction of sp³-hybridized carbons (Fsp3) is 0.375. The molecule has 1 amide bonds. The van der Waals surface area contributed by atoms with Crippen molar-refractivity contribution in [2.75, 3.05) is 12.4 Å². The number of halogens is 1. The second-order valence-electron chi connectivity index (χ2n) is 2.71. The Morgan fingerprint density at radius 2 is 2.36 bits per heavy atom. The van der Waals surface area contributed by atoms with Crippen molar-refractivity contribution in [1.82, 2.24) is 15.3 Å². The summed E-state index contributed by atoms with van der Waals surface area (Å²) in [5.41, 5.74) is 0. The van der Waals surface area contributed by atoms with Crippen LogP contribution >= 0.6 is 11.6 Å². The van der Waals surface area contributed by atoms with Gasteiger partial charge in [0, 0.05) is 6.20 Å². The lowest BCUT2D eigenvalue weighted by Crippen LogP contribution is -2.35. The number of amides is 1. The molecule has 0 saturated heterocycles. The minimum atomic E-state index is -0.274. The average Bonchev–Trinajstić information content (AvgIpc) is 2.16. The molecule has 0 radical (unpaired) electrons. The lowest BCUT2D eigenvalue weighted by atomic mass is 10.3. The third-order valence-electron chi connectivity index (χ3n) is 1.70. The molecule has 1 atom stereocenters. The molecule has 0 bridgehead atoms. The van der Waals surface area contributed by atoms with Gasteiger partial charge >= 0.3 is 0 Å². The zero-order valence-electron chi connectivity index (χ0n) is 7.91. The number of likely N-dealkylation sites (N-methyl/N-ethyl adjacent to an activating group) is 1. The van der Waals surface area contributed by atoms with Crippen molar-refractivity contribution in [3.63, 3.8) is 0 Å². The summed E-state index contributed by atoms with van der Waals surface area (Å²) < 4.78 is 0. The molecule has 0 unspecified atom stereocenters. The molecular weight excluding hydrogens is 204 g/mol. The van der Waals surface area contributed by atoms with Gasteiger partial charge in [0.1, 0.15) is 5.82 Å². The van der Waals surface area contributed by atoms with Gasteiger partial charge in [-0.1, -0.05) is 0 Å². The van der Waals surface area contributed by atoms with Gasteiger partial charge in [0.25, 0.3) is 0 Å². The molecule has 14 heavy (non-hydrogen) atoms. The topological polar surface area (TPSA) is 66.9 Å². The molecule has 1 heterocycles. The summed E-state index contributed by atoms with van der Waals surface area (Å²) in [6, 6.07) is 1.30. The van der Waals surface area contributed by atoms with Crippen LogP contribution in [0.1, 0.15) is 6.92 Å². The molecule has 1 rings (SSSR count). The Balaban J connectivity index is 2.65. The van der Waals surface area contributed by atoms with Crippen molar-refractivity contribution in [3.8, 4) is 0 Å². The molecule has 76 valence electrons. The predicted octanol–water partition coefficient (Wildman–Crippen LogP) is 0.676. The van der Waals surface area contributed by atoms with Crippen LogP contribution in [-0.2, 0) is 4.79 Å². The van der Waals surface area contributed by atoms with E-state index >= 15 is 0 Å². The second kappa shape index (κ2) is 4.88. The van der Waals surface area contributed by atoms with E-state index in [0.29, 0.717) is 5.82 Å². The van der Waals surface area contributed by atoms with Crippen LogP contribution in [0.4, 0.5) is 5.82 Å². The van der Waals surface area contributed by atoms with E-state index in [1.54, 1.807) is 20.0 Å². The Labute approximate surface area is 86.9 Å². The number of anilines is 1. The molecule has 0 spiro atoms. The fourth-order valence-electron chi connectivity index (χ4n) is 0.770. The molecule has 0 aliphatic carbocycles. The van der Waals surface area contributed by atoms with Crippen LogP contribution in [0, 0.1) is 0 Å². The van der Waals surface area contributed by atoms with Crippen molar-refractivity contribution in [3.05, 3.63) is 17.5 Å². The van der Waals surface area contributed by atoms with Crippen LogP contribution in [0.2, 0.25) is 5.28 Å². The van der Waals surface area contributed by atoms with E-state index in [2.05, 4.69) is 20.6 Å². The summed E-state index contributed by atoms with van der Waals surface area (Å²) in [5.74, 6) is 0.236. The molecule has 0 fully saturated rings. The van der Waals surface area contributed by atoms with Crippen molar-refractivity contribution >= 4 is 23.3 Å². The summed E-state index contributed by atoms with van der Waals surface area (Å²) in [5, 5.41) is 5.52. The van der Waals surface area contributed by atoms with Crippen molar-refractivity contribution in [2.45, 2.75) is 13.0 Å². The Kier molecular flexibility index (Phi) is 3.79. The van der Waals surface area contributed by atoms with Crippen molar-refractivity contribution < 1.29 is 4.79 Å². The highest BCUT2D eigenvalue weighted by Crippen LogP contribution is 2.05. The van der Waals surface area contributed by atoms with Gasteiger partial charge in [-0.3, -0.25) is 4.79 Å². The number of nitrogens with one attached hydrogen (secondary N) is 2. The summed E-state index contributed by atoms with van der Waals surface area (Å²) in [7, 11) is 1.71. The average molecular weight is 215 g/mol. The number of rotatable bonds is 3. The molecular formula is C8H11ClN4O. The normalized spacial score (nSPS) is 12.2. The van der Waals surface area contributed by atoms with Gasteiger partial charge in [0.05, 0.1) is 6.04 Å². The molecule has 0 aliphatic heterocycles. The minimum Gasteiger partial charge on any atom is -0.309 e. The van der Waals surface area contributed by atoms with E-state index < -0.39 is 0 Å². The lowest BCUT2D eigenvalue weighted by molar-refractivity contribution is -0.117. The summed E-state index contributed by atoms with van der Waals surface area (Å²) in [6.45, 7) is 1.75. The van der Waals surface area contributed by atoms with Crippen LogP contribution in [0.5, 0.6) is 0 Å². The van der Waals surface area contributed by atoms with Gasteiger partial charge < -0.3 is 10.6 Å². The van der Waals surface area contributed by atoms with Crippen LogP contribution < -0.4 is 10.6 Å². The number of hydrogen-bond acceptors (Lipinski definition) is 4. The summed E-state index contributed by atoms with van der Waals surface area (Å²) in [4.78, 5) is 18.9. The van der Waals surface area contributed by atoms with Gasteiger partial charge in [-0.25, -0.2) is 9.97 Å². The molecule has 6 heteroatoms. The Morgan fingerprint density at radius 1 is 1.64 bits per heavy atom. The maximum absolute atomic E-state index is 11.4. The minimum absolute atomic E-state index is 0.111. The second-order valence-corrected chi connectivity index (χ2v) is 3.05. The number of aromatic nitrogens is 2. The van der Waals surface area contributed by atoms with Crippen molar-refractivity contribution in [2.24, 2.45) is 0 Å². The van der Waals surface area contributed by atoms with E-state index in [0.717, 1.165) is 0 Å². The molecule has 0 saturated carbocycles. The van der Waals surface area contributed by atoms with Gasteiger partial charge in [0.15, 0.2) is 0 Å². The van der Waals surface area contributed by atoms with E-state index in [4.69, 9.17) is 11.6 Å². The van der Waals surface area contributed by atoms with Gasteiger partial charge in [0.2, 0.25) is 11.2 Å². The molecule has 1 aromatic heterocycles. The van der Waals surface area contributed by atoms with E-state index in [9.17, 15) is 4.79 Å². The lowest BCUT2D eigenvalue weighted by Gasteiger charge is -2.09. The Morgan fingerprint density at radius 3 is 2.93 bits per heavy atom. The van der Waals surface area contributed by atoms with Gasteiger partial charge in [-0.15, -0.1) is 0 Å². The maximum atomic E-state index is 11.4. The van der Waals surface area contributed by atoms with E-state index in [1.165, 1.54) is 6.20 Å². The number of carbonyl (C=O) groups excluding carboxylic acids is 1. The first-order valence-electron chi connectivity index (χ1n) is 4.10. The smallest absolute Gasteiger partial charge is 0.242 e. The van der Waals surface area contributed by atoms with Crippen LogP contribution in [0.15, 0.2) is 12.3 Å². The standard InChI is InChI=1S/C8H11ClN4O/c1-5(10-2)7(14)12-6-3-4-11-8(9)13-6/h3-5,10H,1-2H3,(H,11,12,13,14)/t5-/m0/s1. The first kappa shape index (κ1) is 10.9. The maximum Gasteiger partial charge on any atom is 0.242 e. The summed E-state index contributed by atoms with van der Waals surface area (Å²) in [6.07, 6.45) is 1.48. The van der Waals surface area contributed by atoms with Crippen molar-refractivity contribution in [1.29, 1.82) is 0 Å². The first-order chi connectivity index (χ1) is 6.63. The molecule has 5 nitrogen and oxygen atoms in total. The third-order valence-corrected chi connectivity index (χ3v) is 1.89. The molecule has 0 aliphatic rings. The van der Waals surface area contributed by atoms with E-state index in [1.807, 2.05) is 0 Å². The van der Waals surface area contributed by atoms with Crippen LogP contribution in [0.25, 0.3) is 0 Å². The highest BCUT2D eigenvalue weighted by atomic mass is 35.5. The Hall–Kier alpha value is -1.20. The first-order valence-corrected chi connectivity index (χ1v) is 4.48. The summed E-state index contributed by atoms with van der Waals surface area (Å²) >= 11 is 5.55. The number of carbonyl (C=O) groups is 1. The number of nitrogens with zero attached hydrogens (tertiary/aromatic N) is 2. The third kappa shape index (κ3) is 2.93. The molecule has 1 aromatic rings.